The number of hydrogen-bond donors (Lipinski definition) is 2. The molecule has 0 saturated heterocycles. The van der Waals surface area contributed by atoms with E-state index in [4.69, 9.17) is 5.73 Å². The zero-order chi connectivity index (χ0) is 12.5. The van der Waals surface area contributed by atoms with Crippen LogP contribution in [0.5, 0.6) is 0 Å². The van der Waals surface area contributed by atoms with Gasteiger partial charge < -0.3 is 10.8 Å². The molecule has 3 N–H and O–H groups in total. The highest BCUT2D eigenvalue weighted by Gasteiger charge is 2.48. The molecule has 0 aromatic carbocycles. The average Bonchev–Trinajstić information content (AvgIpc) is 2.77. The molecule has 0 aliphatic heterocycles. The van der Waals surface area contributed by atoms with E-state index in [0.29, 0.717) is 6.54 Å². The van der Waals surface area contributed by atoms with Crippen molar-refractivity contribution in [2.24, 2.45) is 22.5 Å². The van der Waals surface area contributed by atoms with Gasteiger partial charge in [0.15, 0.2) is 0 Å². The smallest absolute Gasteiger partial charge is 0.0659 e. The molecule has 2 saturated carbocycles. The number of aliphatic hydroxyl groups is 1. The van der Waals surface area contributed by atoms with E-state index in [-0.39, 0.29) is 16.9 Å². The fourth-order valence-corrected chi connectivity index (χ4v) is 4.30. The van der Waals surface area contributed by atoms with Crippen molar-refractivity contribution in [2.45, 2.75) is 71.3 Å². The molecule has 2 unspecified atom stereocenters. The van der Waals surface area contributed by atoms with E-state index in [0.717, 1.165) is 25.2 Å². The highest BCUT2D eigenvalue weighted by Crippen LogP contribution is 2.50. The predicted molar refractivity (Wildman–Crippen MR) is 71.7 cm³/mol. The largest absolute Gasteiger partial charge is 0.392 e. The number of aliphatic hydroxyl groups excluding tert-OH is 1. The molecule has 0 amide bonds. The Hall–Kier alpha value is -0.0800. The summed E-state index contributed by atoms with van der Waals surface area (Å²) in [5.41, 5.74) is 6.13. The third-order valence-corrected chi connectivity index (χ3v) is 5.39. The summed E-state index contributed by atoms with van der Waals surface area (Å²) in [5.74, 6) is 0.821. The zero-order valence-electron chi connectivity index (χ0n) is 11.5. The highest BCUT2D eigenvalue weighted by molar-refractivity contribution is 5.00. The highest BCUT2D eigenvalue weighted by atomic mass is 16.3. The molecule has 0 aromatic heterocycles. The van der Waals surface area contributed by atoms with Gasteiger partial charge in [0.05, 0.1) is 6.10 Å². The SMILES string of the molecule is CC1(C)CCCC(CN)(CC2CCCC2)C1O. The second-order valence-corrected chi connectivity index (χ2v) is 7.17. The molecule has 2 atom stereocenters. The molecule has 2 aliphatic rings. The van der Waals surface area contributed by atoms with Gasteiger partial charge in [0, 0.05) is 12.0 Å². The zero-order valence-corrected chi connectivity index (χ0v) is 11.5. The van der Waals surface area contributed by atoms with Gasteiger partial charge in [-0.2, -0.15) is 0 Å². The van der Waals surface area contributed by atoms with E-state index in [1.807, 2.05) is 0 Å². The Morgan fingerprint density at radius 3 is 2.35 bits per heavy atom. The van der Waals surface area contributed by atoms with Crippen LogP contribution in [-0.2, 0) is 0 Å². The topological polar surface area (TPSA) is 46.2 Å². The molecule has 2 aliphatic carbocycles. The maximum Gasteiger partial charge on any atom is 0.0659 e. The Kier molecular flexibility index (Phi) is 3.84. The lowest BCUT2D eigenvalue weighted by Gasteiger charge is -2.50. The minimum atomic E-state index is -0.214. The predicted octanol–water partition coefficient (Wildman–Crippen LogP) is 3.08. The molecule has 2 heteroatoms. The van der Waals surface area contributed by atoms with Crippen LogP contribution in [0.4, 0.5) is 0 Å². The molecule has 2 rings (SSSR count). The fourth-order valence-electron chi connectivity index (χ4n) is 4.30. The van der Waals surface area contributed by atoms with Crippen molar-refractivity contribution in [3.05, 3.63) is 0 Å². The normalized spacial score (nSPS) is 38.5. The minimum Gasteiger partial charge on any atom is -0.392 e. The lowest BCUT2D eigenvalue weighted by atomic mass is 9.58. The van der Waals surface area contributed by atoms with Crippen molar-refractivity contribution in [1.82, 2.24) is 0 Å². The van der Waals surface area contributed by atoms with Crippen LogP contribution in [0, 0.1) is 16.7 Å². The van der Waals surface area contributed by atoms with Gasteiger partial charge in [-0.25, -0.2) is 0 Å². The Morgan fingerprint density at radius 1 is 1.12 bits per heavy atom. The van der Waals surface area contributed by atoms with Crippen molar-refractivity contribution < 1.29 is 5.11 Å². The van der Waals surface area contributed by atoms with Crippen LogP contribution in [0.2, 0.25) is 0 Å². The third-order valence-electron chi connectivity index (χ3n) is 5.39. The van der Waals surface area contributed by atoms with Crippen LogP contribution in [0.1, 0.15) is 65.2 Å². The maximum absolute atomic E-state index is 10.7. The van der Waals surface area contributed by atoms with Gasteiger partial charge in [-0.1, -0.05) is 46.0 Å². The Bertz CT molecular complexity index is 258. The summed E-state index contributed by atoms with van der Waals surface area (Å²) in [5, 5.41) is 10.7. The standard InChI is InChI=1S/C15H29NO/c1-14(2)8-5-9-15(11-16,13(14)17)10-12-6-3-4-7-12/h12-13,17H,3-11,16H2,1-2H3. The van der Waals surface area contributed by atoms with Gasteiger partial charge >= 0.3 is 0 Å². The van der Waals surface area contributed by atoms with Crippen LogP contribution >= 0.6 is 0 Å². The lowest BCUT2D eigenvalue weighted by Crippen LogP contribution is -2.52. The first-order valence-corrected chi connectivity index (χ1v) is 7.38. The number of nitrogens with two attached hydrogens (primary N) is 1. The van der Waals surface area contributed by atoms with E-state index in [9.17, 15) is 5.11 Å². The second kappa shape index (κ2) is 4.89. The monoisotopic (exact) mass is 239 g/mol. The molecule has 100 valence electrons. The molecule has 2 fully saturated rings. The van der Waals surface area contributed by atoms with Gasteiger partial charge in [-0.3, -0.25) is 0 Å². The summed E-state index contributed by atoms with van der Waals surface area (Å²) in [6, 6.07) is 0. The van der Waals surface area contributed by atoms with Crippen LogP contribution in [-0.4, -0.2) is 17.8 Å². The third kappa shape index (κ3) is 2.53. The van der Waals surface area contributed by atoms with Gasteiger partial charge in [0.25, 0.3) is 0 Å². The first-order valence-electron chi connectivity index (χ1n) is 7.38. The van der Waals surface area contributed by atoms with E-state index in [1.165, 1.54) is 32.1 Å². The summed E-state index contributed by atoms with van der Waals surface area (Å²) in [4.78, 5) is 0. The van der Waals surface area contributed by atoms with E-state index >= 15 is 0 Å². The molecule has 0 aromatic rings. The molecule has 0 heterocycles. The summed E-state index contributed by atoms with van der Waals surface area (Å²) in [7, 11) is 0. The summed E-state index contributed by atoms with van der Waals surface area (Å²) in [6.07, 6.45) is 9.92. The lowest BCUT2D eigenvalue weighted by molar-refractivity contribution is -0.0985. The summed E-state index contributed by atoms with van der Waals surface area (Å²) in [6.45, 7) is 5.07. The maximum atomic E-state index is 10.7. The van der Waals surface area contributed by atoms with E-state index in [2.05, 4.69) is 13.8 Å². The first kappa shape index (κ1) is 13.4. The van der Waals surface area contributed by atoms with Crippen molar-refractivity contribution in [3.63, 3.8) is 0 Å². The average molecular weight is 239 g/mol. The van der Waals surface area contributed by atoms with Crippen molar-refractivity contribution in [2.75, 3.05) is 6.54 Å². The summed E-state index contributed by atoms with van der Waals surface area (Å²) < 4.78 is 0. The van der Waals surface area contributed by atoms with Gasteiger partial charge in [0.1, 0.15) is 0 Å². The molecular weight excluding hydrogens is 210 g/mol. The van der Waals surface area contributed by atoms with Gasteiger partial charge in [-0.05, 0) is 30.6 Å². The molecule has 2 nitrogen and oxygen atoms in total. The van der Waals surface area contributed by atoms with Crippen LogP contribution in [0.3, 0.4) is 0 Å². The molecule has 17 heavy (non-hydrogen) atoms. The van der Waals surface area contributed by atoms with Crippen molar-refractivity contribution >= 4 is 0 Å². The van der Waals surface area contributed by atoms with Crippen LogP contribution < -0.4 is 5.73 Å². The Morgan fingerprint density at radius 2 is 1.76 bits per heavy atom. The first-order chi connectivity index (χ1) is 8.00. The molecule has 0 bridgehead atoms. The quantitative estimate of drug-likeness (QED) is 0.795. The van der Waals surface area contributed by atoms with Gasteiger partial charge in [-0.15, -0.1) is 0 Å². The molecule has 0 radical (unpaired) electrons. The molecule has 0 spiro atoms. The van der Waals surface area contributed by atoms with E-state index < -0.39 is 0 Å². The second-order valence-electron chi connectivity index (χ2n) is 7.17. The van der Waals surface area contributed by atoms with E-state index in [1.54, 1.807) is 0 Å². The van der Waals surface area contributed by atoms with Crippen LogP contribution in [0.15, 0.2) is 0 Å². The number of hydrogen-bond acceptors (Lipinski definition) is 2. The fraction of sp³-hybridized carbons (Fsp3) is 1.00. The Labute approximate surface area is 106 Å². The van der Waals surface area contributed by atoms with Crippen molar-refractivity contribution in [3.8, 4) is 0 Å². The minimum absolute atomic E-state index is 0.0107. The number of rotatable bonds is 3. The molecular formula is C15H29NO. The van der Waals surface area contributed by atoms with Gasteiger partial charge in [0.2, 0.25) is 0 Å². The summed E-state index contributed by atoms with van der Waals surface area (Å²) >= 11 is 0. The Balaban J connectivity index is 2.11. The van der Waals surface area contributed by atoms with Crippen molar-refractivity contribution in [1.29, 1.82) is 0 Å². The van der Waals surface area contributed by atoms with Crippen LogP contribution in [0.25, 0.3) is 0 Å².